The van der Waals surface area contributed by atoms with E-state index in [1.807, 2.05) is 6.92 Å². The van der Waals surface area contributed by atoms with Gasteiger partial charge in [-0.1, -0.05) is 13.8 Å². The van der Waals surface area contributed by atoms with Crippen LogP contribution in [0.25, 0.3) is 0 Å². The molecule has 0 aromatic carbocycles. The zero-order valence-corrected chi connectivity index (χ0v) is 14.0. The Labute approximate surface area is 130 Å². The molecule has 0 spiro atoms. The maximum Gasteiger partial charge on any atom is 0.222 e. The van der Waals surface area contributed by atoms with Crippen molar-refractivity contribution < 1.29 is 4.79 Å². The van der Waals surface area contributed by atoms with E-state index >= 15 is 0 Å². The van der Waals surface area contributed by atoms with Crippen molar-refractivity contribution in [3.05, 3.63) is 0 Å². The second-order valence-electron chi connectivity index (χ2n) is 6.60. The lowest BCUT2D eigenvalue weighted by molar-refractivity contribution is -0.132. The topological polar surface area (TPSA) is 26.8 Å². The van der Waals surface area contributed by atoms with Crippen LogP contribution in [0.3, 0.4) is 0 Å². The van der Waals surface area contributed by atoms with Crippen molar-refractivity contribution in [3.63, 3.8) is 0 Å². The molecule has 122 valence electrons. The van der Waals surface area contributed by atoms with Crippen LogP contribution in [0.5, 0.6) is 0 Å². The Morgan fingerprint density at radius 1 is 0.952 bits per heavy atom. The van der Waals surface area contributed by atoms with E-state index < -0.39 is 0 Å². The Hall–Kier alpha value is -0.610. The molecule has 2 rings (SSSR count). The van der Waals surface area contributed by atoms with Crippen LogP contribution in [0.15, 0.2) is 0 Å². The fraction of sp³-hybridized carbons (Fsp3) is 0.941. The number of carbonyl (C=O) groups is 1. The van der Waals surface area contributed by atoms with E-state index in [9.17, 15) is 4.79 Å². The zero-order chi connectivity index (χ0) is 15.1. The molecule has 0 aromatic rings. The van der Waals surface area contributed by atoms with Gasteiger partial charge in [-0.25, -0.2) is 0 Å². The van der Waals surface area contributed by atoms with Gasteiger partial charge in [0.05, 0.1) is 0 Å². The molecule has 0 N–H and O–H groups in total. The minimum atomic E-state index is 0.335. The highest BCUT2D eigenvalue weighted by atomic mass is 16.2. The van der Waals surface area contributed by atoms with Crippen LogP contribution in [-0.2, 0) is 4.79 Å². The Morgan fingerprint density at radius 2 is 1.57 bits per heavy atom. The van der Waals surface area contributed by atoms with Crippen molar-refractivity contribution >= 4 is 5.91 Å². The highest BCUT2D eigenvalue weighted by molar-refractivity contribution is 5.75. The Balaban J connectivity index is 1.55. The van der Waals surface area contributed by atoms with E-state index in [-0.39, 0.29) is 0 Å². The molecule has 0 bridgehead atoms. The number of piperidine rings is 1. The predicted molar refractivity (Wildman–Crippen MR) is 87.4 cm³/mol. The summed E-state index contributed by atoms with van der Waals surface area (Å²) >= 11 is 0. The van der Waals surface area contributed by atoms with E-state index in [1.54, 1.807) is 0 Å². The summed E-state index contributed by atoms with van der Waals surface area (Å²) in [6, 6.07) is 0. The Bertz CT molecular complexity index is 305. The summed E-state index contributed by atoms with van der Waals surface area (Å²) in [6.45, 7) is 13.7. The van der Waals surface area contributed by atoms with Crippen LogP contribution in [0.1, 0.15) is 46.0 Å². The summed E-state index contributed by atoms with van der Waals surface area (Å²) < 4.78 is 0. The molecule has 0 saturated carbocycles. The summed E-state index contributed by atoms with van der Waals surface area (Å²) in [4.78, 5) is 18.9. The van der Waals surface area contributed by atoms with Gasteiger partial charge < -0.3 is 14.7 Å². The summed E-state index contributed by atoms with van der Waals surface area (Å²) in [7, 11) is 0. The highest BCUT2D eigenvalue weighted by Crippen LogP contribution is 2.22. The SMILES string of the molecule is CCC(=O)N1CCC(CCCN2CCN(CC)CC2)CC1. The van der Waals surface area contributed by atoms with Crippen molar-refractivity contribution in [2.75, 3.05) is 52.4 Å². The van der Waals surface area contributed by atoms with Crippen LogP contribution in [-0.4, -0.2) is 73.0 Å². The number of piperazine rings is 1. The second-order valence-corrected chi connectivity index (χ2v) is 6.60. The first-order chi connectivity index (χ1) is 10.2. The van der Waals surface area contributed by atoms with Gasteiger partial charge in [-0.15, -0.1) is 0 Å². The molecule has 0 aromatic heterocycles. The Kier molecular flexibility index (Phi) is 6.97. The number of carbonyl (C=O) groups excluding carboxylic acids is 1. The molecular weight excluding hydrogens is 262 g/mol. The van der Waals surface area contributed by atoms with Gasteiger partial charge in [0.25, 0.3) is 0 Å². The number of hydrogen-bond donors (Lipinski definition) is 0. The number of amides is 1. The van der Waals surface area contributed by atoms with Crippen molar-refractivity contribution in [3.8, 4) is 0 Å². The van der Waals surface area contributed by atoms with Crippen LogP contribution < -0.4 is 0 Å². The molecular formula is C17H33N3O. The third kappa shape index (κ3) is 5.26. The first-order valence-electron chi connectivity index (χ1n) is 8.95. The first kappa shape index (κ1) is 16.8. The number of hydrogen-bond acceptors (Lipinski definition) is 3. The van der Waals surface area contributed by atoms with Gasteiger partial charge in [0, 0.05) is 45.7 Å². The van der Waals surface area contributed by atoms with E-state index in [4.69, 9.17) is 0 Å². The fourth-order valence-corrected chi connectivity index (χ4v) is 3.63. The van der Waals surface area contributed by atoms with Crippen LogP contribution in [0.2, 0.25) is 0 Å². The molecule has 2 heterocycles. The molecule has 2 fully saturated rings. The monoisotopic (exact) mass is 295 g/mol. The van der Waals surface area contributed by atoms with E-state index in [0.717, 1.165) is 19.0 Å². The normalized spacial score (nSPS) is 22.7. The minimum Gasteiger partial charge on any atom is -0.343 e. The molecule has 0 atom stereocenters. The molecule has 4 heteroatoms. The molecule has 0 unspecified atom stereocenters. The maximum atomic E-state index is 11.7. The Morgan fingerprint density at radius 3 is 2.14 bits per heavy atom. The second kappa shape index (κ2) is 8.74. The summed E-state index contributed by atoms with van der Waals surface area (Å²) in [6.07, 6.45) is 5.78. The van der Waals surface area contributed by atoms with Crippen molar-refractivity contribution in [2.24, 2.45) is 5.92 Å². The average molecular weight is 295 g/mol. The number of rotatable bonds is 6. The lowest BCUT2D eigenvalue weighted by Gasteiger charge is -2.35. The average Bonchev–Trinajstić information content (AvgIpc) is 2.55. The number of nitrogens with zero attached hydrogens (tertiary/aromatic N) is 3. The van der Waals surface area contributed by atoms with Gasteiger partial charge in [0.1, 0.15) is 0 Å². The van der Waals surface area contributed by atoms with E-state index in [1.165, 1.54) is 65.0 Å². The quantitative estimate of drug-likeness (QED) is 0.750. The van der Waals surface area contributed by atoms with Gasteiger partial charge in [-0.3, -0.25) is 4.79 Å². The summed E-state index contributed by atoms with van der Waals surface area (Å²) in [5, 5.41) is 0. The van der Waals surface area contributed by atoms with Crippen LogP contribution in [0, 0.1) is 5.92 Å². The van der Waals surface area contributed by atoms with Gasteiger partial charge in [-0.2, -0.15) is 0 Å². The van der Waals surface area contributed by atoms with Crippen LogP contribution in [0.4, 0.5) is 0 Å². The standard InChI is InChI=1S/C17H33N3O/c1-3-17(21)20-10-7-16(8-11-20)6-5-9-19-14-12-18(4-2)13-15-19/h16H,3-15H2,1-2H3. The predicted octanol–water partition coefficient (Wildman–Crippen LogP) is 2.05. The van der Waals surface area contributed by atoms with Gasteiger partial charge in [0.2, 0.25) is 5.91 Å². The molecule has 2 saturated heterocycles. The van der Waals surface area contributed by atoms with E-state index in [2.05, 4.69) is 21.6 Å². The zero-order valence-electron chi connectivity index (χ0n) is 14.0. The smallest absolute Gasteiger partial charge is 0.222 e. The molecule has 21 heavy (non-hydrogen) atoms. The molecule has 2 aliphatic heterocycles. The largest absolute Gasteiger partial charge is 0.343 e. The molecule has 2 aliphatic rings. The fourth-order valence-electron chi connectivity index (χ4n) is 3.63. The number of likely N-dealkylation sites (tertiary alicyclic amines) is 1. The molecule has 4 nitrogen and oxygen atoms in total. The summed E-state index contributed by atoms with van der Waals surface area (Å²) in [5.74, 6) is 1.19. The van der Waals surface area contributed by atoms with Crippen molar-refractivity contribution in [1.29, 1.82) is 0 Å². The molecule has 0 aliphatic carbocycles. The van der Waals surface area contributed by atoms with Crippen LogP contribution >= 0.6 is 0 Å². The first-order valence-corrected chi connectivity index (χ1v) is 8.95. The third-order valence-electron chi connectivity index (χ3n) is 5.27. The van der Waals surface area contributed by atoms with Gasteiger partial charge >= 0.3 is 0 Å². The molecule has 0 radical (unpaired) electrons. The lowest BCUT2D eigenvalue weighted by atomic mass is 9.92. The molecule has 1 amide bonds. The highest BCUT2D eigenvalue weighted by Gasteiger charge is 2.22. The van der Waals surface area contributed by atoms with Gasteiger partial charge in [0.15, 0.2) is 0 Å². The summed E-state index contributed by atoms with van der Waals surface area (Å²) in [5.41, 5.74) is 0. The van der Waals surface area contributed by atoms with Crippen molar-refractivity contribution in [2.45, 2.75) is 46.0 Å². The minimum absolute atomic E-state index is 0.335. The van der Waals surface area contributed by atoms with E-state index in [0.29, 0.717) is 12.3 Å². The number of likely N-dealkylation sites (N-methyl/N-ethyl adjacent to an activating group) is 1. The van der Waals surface area contributed by atoms with Crippen molar-refractivity contribution in [1.82, 2.24) is 14.7 Å². The lowest BCUT2D eigenvalue weighted by Crippen LogP contribution is -2.46. The third-order valence-corrected chi connectivity index (χ3v) is 5.27. The maximum absolute atomic E-state index is 11.7. The van der Waals surface area contributed by atoms with Gasteiger partial charge in [-0.05, 0) is 44.7 Å².